The van der Waals surface area contributed by atoms with Crippen molar-refractivity contribution in [2.24, 2.45) is 0 Å². The summed E-state index contributed by atoms with van der Waals surface area (Å²) in [6, 6.07) is 12.6. The van der Waals surface area contributed by atoms with Crippen molar-refractivity contribution < 1.29 is 0 Å². The molecule has 0 spiro atoms. The Morgan fingerprint density at radius 1 is 1.03 bits per heavy atom. The lowest BCUT2D eigenvalue weighted by molar-refractivity contribution is 0.292. The highest BCUT2D eigenvalue weighted by atomic mass is 35.5. The zero-order valence-corrected chi connectivity index (χ0v) is 18.2. The molecule has 2 N–H and O–H groups in total. The van der Waals surface area contributed by atoms with Gasteiger partial charge in [-0.15, -0.1) is 0 Å². The molecule has 1 aromatic carbocycles. The molecular formula is C22H28ClN5S. The fraction of sp³-hybridized carbons (Fsp3) is 0.500. The summed E-state index contributed by atoms with van der Waals surface area (Å²) in [5.74, 6) is 1.31. The van der Waals surface area contributed by atoms with E-state index < -0.39 is 0 Å². The lowest BCUT2D eigenvalue weighted by Gasteiger charge is -2.38. The Morgan fingerprint density at radius 2 is 1.76 bits per heavy atom. The van der Waals surface area contributed by atoms with Crippen molar-refractivity contribution in [1.29, 1.82) is 0 Å². The van der Waals surface area contributed by atoms with E-state index in [1.54, 1.807) is 0 Å². The van der Waals surface area contributed by atoms with Crippen LogP contribution >= 0.6 is 23.8 Å². The number of nitrogens with one attached hydrogen (secondary N) is 2. The topological polar surface area (TPSA) is 53.1 Å². The van der Waals surface area contributed by atoms with Crippen molar-refractivity contribution >= 4 is 40.7 Å². The van der Waals surface area contributed by atoms with Crippen molar-refractivity contribution in [2.45, 2.75) is 50.4 Å². The second-order valence-electron chi connectivity index (χ2n) is 8.08. The molecule has 1 aliphatic heterocycles. The molecule has 1 aromatic heterocycles. The molecule has 1 saturated carbocycles. The molecule has 0 unspecified atom stereocenters. The van der Waals surface area contributed by atoms with E-state index in [-0.39, 0.29) is 5.41 Å². The summed E-state index contributed by atoms with van der Waals surface area (Å²) in [7, 11) is 0. The van der Waals surface area contributed by atoms with E-state index >= 15 is 0 Å². The van der Waals surface area contributed by atoms with Gasteiger partial charge in [0.05, 0.1) is 0 Å². The van der Waals surface area contributed by atoms with Crippen LogP contribution < -0.4 is 15.5 Å². The molecule has 2 aliphatic rings. The van der Waals surface area contributed by atoms with Gasteiger partial charge >= 0.3 is 0 Å². The first kappa shape index (κ1) is 20.4. The number of thiocarbonyl (C=S) groups is 1. The highest BCUT2D eigenvalue weighted by Gasteiger charge is 2.33. The average molecular weight is 430 g/mol. The maximum Gasteiger partial charge on any atom is 0.232 e. The van der Waals surface area contributed by atoms with Crippen molar-refractivity contribution in [3.63, 3.8) is 0 Å². The molecule has 0 radical (unpaired) electrons. The minimum atomic E-state index is 0.126. The van der Waals surface area contributed by atoms with Gasteiger partial charge in [-0.2, -0.15) is 4.98 Å². The van der Waals surface area contributed by atoms with Gasteiger partial charge in [0.15, 0.2) is 5.11 Å². The molecule has 1 aliphatic carbocycles. The molecule has 7 heteroatoms. The predicted octanol–water partition coefficient (Wildman–Crippen LogP) is 4.92. The van der Waals surface area contributed by atoms with E-state index in [1.165, 1.54) is 50.5 Å². The van der Waals surface area contributed by atoms with Gasteiger partial charge in [-0.05, 0) is 43.5 Å². The Balaban J connectivity index is 1.42. The number of aromatic nitrogens is 2. The standard InChI is InChI=1S/C22H28ClN5S/c23-18-15-19(28-13-7-8-14-28)26-20(25-18)27-21(29)24-16-22(11-5-2-6-12-22)17-9-3-1-4-10-17/h1,3-4,9-10,15H,2,5-8,11-14,16H2,(H2,24,25,26,27,29). The number of benzene rings is 1. The van der Waals surface area contributed by atoms with E-state index in [0.717, 1.165) is 25.5 Å². The maximum absolute atomic E-state index is 6.23. The van der Waals surface area contributed by atoms with Crippen LogP contribution in [0.4, 0.5) is 11.8 Å². The average Bonchev–Trinajstić information content (AvgIpc) is 3.28. The third-order valence-corrected chi connectivity index (χ3v) is 6.56. The van der Waals surface area contributed by atoms with Crippen molar-refractivity contribution in [3.8, 4) is 0 Å². The molecule has 5 nitrogen and oxygen atoms in total. The first-order valence-corrected chi connectivity index (χ1v) is 11.3. The second kappa shape index (κ2) is 9.26. The van der Waals surface area contributed by atoms with Crippen LogP contribution in [0.15, 0.2) is 36.4 Å². The Kier molecular flexibility index (Phi) is 6.50. The van der Waals surface area contributed by atoms with Gasteiger partial charge in [0.2, 0.25) is 5.95 Å². The Hall–Kier alpha value is -1.92. The Morgan fingerprint density at radius 3 is 2.48 bits per heavy atom. The summed E-state index contributed by atoms with van der Waals surface area (Å²) < 4.78 is 0. The first-order valence-electron chi connectivity index (χ1n) is 10.5. The van der Waals surface area contributed by atoms with Crippen LogP contribution in [-0.2, 0) is 5.41 Å². The summed E-state index contributed by atoms with van der Waals surface area (Å²) >= 11 is 11.8. The summed E-state index contributed by atoms with van der Waals surface area (Å²) in [4.78, 5) is 11.2. The van der Waals surface area contributed by atoms with Crippen LogP contribution in [0.25, 0.3) is 0 Å². The van der Waals surface area contributed by atoms with E-state index in [1.807, 2.05) is 6.07 Å². The van der Waals surface area contributed by atoms with Gasteiger partial charge in [0.1, 0.15) is 11.0 Å². The number of rotatable bonds is 5. The molecule has 2 aromatic rings. The molecule has 0 atom stereocenters. The molecule has 29 heavy (non-hydrogen) atoms. The Labute approximate surface area is 183 Å². The highest BCUT2D eigenvalue weighted by Crippen LogP contribution is 2.38. The number of anilines is 2. The van der Waals surface area contributed by atoms with Crippen LogP contribution in [0.1, 0.15) is 50.5 Å². The van der Waals surface area contributed by atoms with Gasteiger partial charge in [-0.25, -0.2) is 4.98 Å². The predicted molar refractivity (Wildman–Crippen MR) is 124 cm³/mol. The molecular weight excluding hydrogens is 402 g/mol. The molecule has 4 rings (SSSR count). The fourth-order valence-corrected chi connectivity index (χ4v) is 4.89. The van der Waals surface area contributed by atoms with Gasteiger partial charge in [-0.1, -0.05) is 61.2 Å². The zero-order valence-electron chi connectivity index (χ0n) is 16.7. The van der Waals surface area contributed by atoms with Crippen molar-refractivity contribution in [2.75, 3.05) is 29.9 Å². The third kappa shape index (κ3) is 4.98. The van der Waals surface area contributed by atoms with Crippen LogP contribution in [0.2, 0.25) is 5.15 Å². The third-order valence-electron chi connectivity index (χ3n) is 6.12. The van der Waals surface area contributed by atoms with Gasteiger partial charge in [0, 0.05) is 31.1 Å². The maximum atomic E-state index is 6.23. The number of halogens is 1. The monoisotopic (exact) mass is 429 g/mol. The normalized spacial score (nSPS) is 18.4. The van der Waals surface area contributed by atoms with Gasteiger partial charge in [-0.3, -0.25) is 0 Å². The number of hydrogen-bond acceptors (Lipinski definition) is 4. The van der Waals surface area contributed by atoms with Crippen molar-refractivity contribution in [1.82, 2.24) is 15.3 Å². The Bertz CT molecular complexity index is 832. The summed E-state index contributed by atoms with van der Waals surface area (Å²) in [5.41, 5.74) is 1.52. The lowest BCUT2D eigenvalue weighted by atomic mass is 9.69. The van der Waals surface area contributed by atoms with Gasteiger partial charge in [0.25, 0.3) is 0 Å². The molecule has 0 bridgehead atoms. The highest BCUT2D eigenvalue weighted by molar-refractivity contribution is 7.80. The summed E-state index contributed by atoms with van der Waals surface area (Å²) in [5, 5.41) is 7.55. The number of nitrogens with zero attached hydrogens (tertiary/aromatic N) is 3. The largest absolute Gasteiger partial charge is 0.361 e. The molecule has 2 fully saturated rings. The zero-order chi connectivity index (χ0) is 20.1. The second-order valence-corrected chi connectivity index (χ2v) is 8.88. The van der Waals surface area contributed by atoms with E-state index in [4.69, 9.17) is 23.8 Å². The van der Waals surface area contributed by atoms with Crippen LogP contribution in [0, 0.1) is 0 Å². The summed E-state index contributed by atoms with van der Waals surface area (Å²) in [6.07, 6.45) is 8.56. The van der Waals surface area contributed by atoms with E-state index in [0.29, 0.717) is 16.2 Å². The van der Waals surface area contributed by atoms with Crippen LogP contribution in [-0.4, -0.2) is 34.7 Å². The SMILES string of the molecule is S=C(NCC1(c2ccccc2)CCCCC1)Nc1nc(Cl)cc(N2CCCC2)n1. The smallest absolute Gasteiger partial charge is 0.232 e. The lowest BCUT2D eigenvalue weighted by Crippen LogP contribution is -2.43. The van der Waals surface area contributed by atoms with Crippen LogP contribution in [0.5, 0.6) is 0 Å². The van der Waals surface area contributed by atoms with E-state index in [9.17, 15) is 0 Å². The summed E-state index contributed by atoms with van der Waals surface area (Å²) in [6.45, 7) is 2.83. The van der Waals surface area contributed by atoms with E-state index in [2.05, 4.69) is 55.8 Å². The fourth-order valence-electron chi connectivity index (χ4n) is 4.55. The van der Waals surface area contributed by atoms with Crippen LogP contribution in [0.3, 0.4) is 0 Å². The first-order chi connectivity index (χ1) is 14.1. The molecule has 0 amide bonds. The quantitative estimate of drug-likeness (QED) is 0.519. The van der Waals surface area contributed by atoms with Gasteiger partial charge < -0.3 is 15.5 Å². The number of hydrogen-bond donors (Lipinski definition) is 2. The minimum Gasteiger partial charge on any atom is -0.361 e. The minimum absolute atomic E-state index is 0.126. The molecule has 2 heterocycles. The molecule has 1 saturated heterocycles. The molecule has 154 valence electrons. The van der Waals surface area contributed by atoms with Crippen molar-refractivity contribution in [3.05, 3.63) is 47.1 Å².